The highest BCUT2D eigenvalue weighted by Gasteiger charge is 2.18. The van der Waals surface area contributed by atoms with Crippen LogP contribution in [0.1, 0.15) is 22.7 Å². The first-order valence-electron chi connectivity index (χ1n) is 5.81. The van der Waals surface area contributed by atoms with Gasteiger partial charge in [0, 0.05) is 31.2 Å². The Morgan fingerprint density at radius 2 is 1.94 bits per heavy atom. The summed E-state index contributed by atoms with van der Waals surface area (Å²) in [4.78, 5) is 0. The standard InChI is InChI=1S/C13H20N2O/c1-9-6-11(12-8-14-4-5-15-12)13(16-3)7-10(9)2/h6-7,12,14-15H,4-5,8H2,1-3H3. The maximum absolute atomic E-state index is 5.47. The molecule has 1 aromatic carbocycles. The third-order valence-electron chi connectivity index (χ3n) is 3.26. The van der Waals surface area contributed by atoms with Crippen LogP contribution in [0.3, 0.4) is 0 Å². The molecule has 1 aromatic rings. The van der Waals surface area contributed by atoms with Crippen molar-refractivity contribution in [2.75, 3.05) is 26.7 Å². The Morgan fingerprint density at radius 1 is 1.19 bits per heavy atom. The summed E-state index contributed by atoms with van der Waals surface area (Å²) in [7, 11) is 1.74. The molecule has 1 aliphatic heterocycles. The van der Waals surface area contributed by atoms with E-state index in [4.69, 9.17) is 4.74 Å². The van der Waals surface area contributed by atoms with Crippen molar-refractivity contribution in [3.63, 3.8) is 0 Å². The van der Waals surface area contributed by atoms with Gasteiger partial charge in [-0.1, -0.05) is 6.07 Å². The van der Waals surface area contributed by atoms with E-state index in [0.717, 1.165) is 25.4 Å². The highest BCUT2D eigenvalue weighted by Crippen LogP contribution is 2.28. The smallest absolute Gasteiger partial charge is 0.123 e. The summed E-state index contributed by atoms with van der Waals surface area (Å²) in [5, 5.41) is 6.91. The molecule has 1 aliphatic rings. The van der Waals surface area contributed by atoms with Gasteiger partial charge in [0.25, 0.3) is 0 Å². The average Bonchev–Trinajstić information content (AvgIpc) is 2.33. The molecule has 3 nitrogen and oxygen atoms in total. The molecule has 3 heteroatoms. The second-order valence-electron chi connectivity index (χ2n) is 4.39. The van der Waals surface area contributed by atoms with Crippen LogP contribution >= 0.6 is 0 Å². The molecule has 0 saturated carbocycles. The van der Waals surface area contributed by atoms with E-state index in [-0.39, 0.29) is 0 Å². The van der Waals surface area contributed by atoms with Crippen molar-refractivity contribution in [1.82, 2.24) is 10.6 Å². The lowest BCUT2D eigenvalue weighted by Crippen LogP contribution is -2.42. The molecule has 0 aromatic heterocycles. The summed E-state index contributed by atoms with van der Waals surface area (Å²) in [6.07, 6.45) is 0. The predicted octanol–water partition coefficient (Wildman–Crippen LogP) is 1.55. The topological polar surface area (TPSA) is 33.3 Å². The van der Waals surface area contributed by atoms with E-state index < -0.39 is 0 Å². The first-order valence-corrected chi connectivity index (χ1v) is 5.81. The van der Waals surface area contributed by atoms with Crippen LogP contribution in [-0.2, 0) is 0 Å². The molecule has 0 spiro atoms. The van der Waals surface area contributed by atoms with E-state index in [0.29, 0.717) is 6.04 Å². The molecule has 0 aliphatic carbocycles. The molecule has 2 N–H and O–H groups in total. The predicted molar refractivity (Wildman–Crippen MR) is 66.1 cm³/mol. The Morgan fingerprint density at radius 3 is 2.56 bits per heavy atom. The normalized spacial score (nSPS) is 20.8. The zero-order valence-corrected chi connectivity index (χ0v) is 10.3. The monoisotopic (exact) mass is 220 g/mol. The molecule has 1 heterocycles. The lowest BCUT2D eigenvalue weighted by molar-refractivity contribution is 0.381. The quantitative estimate of drug-likeness (QED) is 0.793. The minimum atomic E-state index is 0.364. The highest BCUT2D eigenvalue weighted by atomic mass is 16.5. The van der Waals surface area contributed by atoms with Gasteiger partial charge in [-0.05, 0) is 31.0 Å². The Bertz CT molecular complexity index is 370. The zero-order chi connectivity index (χ0) is 11.5. The molecular weight excluding hydrogens is 200 g/mol. The summed E-state index contributed by atoms with van der Waals surface area (Å²) in [5.74, 6) is 0.990. The van der Waals surface area contributed by atoms with E-state index in [1.165, 1.54) is 16.7 Å². The van der Waals surface area contributed by atoms with E-state index in [1.54, 1.807) is 7.11 Å². The molecule has 1 fully saturated rings. The molecule has 16 heavy (non-hydrogen) atoms. The van der Waals surface area contributed by atoms with E-state index in [2.05, 4.69) is 36.6 Å². The SMILES string of the molecule is COc1cc(C)c(C)cc1C1CNCCN1. The number of ether oxygens (including phenoxy) is 1. The van der Waals surface area contributed by atoms with Gasteiger partial charge < -0.3 is 15.4 Å². The van der Waals surface area contributed by atoms with Crippen LogP contribution in [0.5, 0.6) is 5.75 Å². The average molecular weight is 220 g/mol. The van der Waals surface area contributed by atoms with Crippen molar-refractivity contribution >= 4 is 0 Å². The number of hydrogen-bond acceptors (Lipinski definition) is 3. The second kappa shape index (κ2) is 4.85. The van der Waals surface area contributed by atoms with Crippen molar-refractivity contribution in [2.45, 2.75) is 19.9 Å². The number of hydrogen-bond donors (Lipinski definition) is 2. The van der Waals surface area contributed by atoms with E-state index in [9.17, 15) is 0 Å². The van der Waals surface area contributed by atoms with Gasteiger partial charge >= 0.3 is 0 Å². The fourth-order valence-electron chi connectivity index (χ4n) is 2.13. The van der Waals surface area contributed by atoms with Gasteiger partial charge in [0.2, 0.25) is 0 Å². The summed E-state index contributed by atoms with van der Waals surface area (Å²) in [5.41, 5.74) is 3.87. The third kappa shape index (κ3) is 2.20. The molecule has 2 rings (SSSR count). The van der Waals surface area contributed by atoms with Crippen molar-refractivity contribution in [3.8, 4) is 5.75 Å². The van der Waals surface area contributed by atoms with Crippen LogP contribution in [0.15, 0.2) is 12.1 Å². The number of rotatable bonds is 2. The van der Waals surface area contributed by atoms with E-state index in [1.807, 2.05) is 0 Å². The lowest BCUT2D eigenvalue weighted by Gasteiger charge is -2.27. The van der Waals surface area contributed by atoms with E-state index >= 15 is 0 Å². The fourth-order valence-corrected chi connectivity index (χ4v) is 2.13. The fraction of sp³-hybridized carbons (Fsp3) is 0.538. The first-order chi connectivity index (χ1) is 7.72. The van der Waals surface area contributed by atoms with Crippen molar-refractivity contribution in [3.05, 3.63) is 28.8 Å². The zero-order valence-electron chi connectivity index (χ0n) is 10.3. The molecule has 0 amide bonds. The Kier molecular flexibility index (Phi) is 3.46. The minimum absolute atomic E-state index is 0.364. The van der Waals surface area contributed by atoms with Gasteiger partial charge in [-0.3, -0.25) is 0 Å². The molecular formula is C13H20N2O. The van der Waals surface area contributed by atoms with Gasteiger partial charge in [-0.15, -0.1) is 0 Å². The first kappa shape index (κ1) is 11.4. The van der Waals surface area contributed by atoms with Gasteiger partial charge in [0.05, 0.1) is 7.11 Å². The minimum Gasteiger partial charge on any atom is -0.496 e. The molecule has 1 unspecified atom stereocenters. The number of piperazine rings is 1. The van der Waals surface area contributed by atoms with Crippen LogP contribution in [0.25, 0.3) is 0 Å². The van der Waals surface area contributed by atoms with Gasteiger partial charge in [0.1, 0.15) is 5.75 Å². The van der Waals surface area contributed by atoms with Crippen molar-refractivity contribution < 1.29 is 4.74 Å². The highest BCUT2D eigenvalue weighted by molar-refractivity contribution is 5.43. The van der Waals surface area contributed by atoms with Crippen LogP contribution in [-0.4, -0.2) is 26.7 Å². The number of aryl methyl sites for hydroxylation is 2. The number of nitrogens with one attached hydrogen (secondary N) is 2. The van der Waals surface area contributed by atoms with Gasteiger partial charge in [-0.2, -0.15) is 0 Å². The third-order valence-corrected chi connectivity index (χ3v) is 3.26. The van der Waals surface area contributed by atoms with Crippen LogP contribution in [0.4, 0.5) is 0 Å². The van der Waals surface area contributed by atoms with Crippen molar-refractivity contribution in [1.29, 1.82) is 0 Å². The molecule has 0 bridgehead atoms. The Labute approximate surface area is 97.2 Å². The van der Waals surface area contributed by atoms with Crippen LogP contribution in [0.2, 0.25) is 0 Å². The second-order valence-corrected chi connectivity index (χ2v) is 4.39. The maximum atomic E-state index is 5.47. The number of benzene rings is 1. The van der Waals surface area contributed by atoms with Crippen LogP contribution < -0.4 is 15.4 Å². The molecule has 1 saturated heterocycles. The molecule has 1 atom stereocenters. The lowest BCUT2D eigenvalue weighted by atomic mass is 9.98. The maximum Gasteiger partial charge on any atom is 0.123 e. The summed E-state index contributed by atoms with van der Waals surface area (Å²) >= 11 is 0. The largest absolute Gasteiger partial charge is 0.496 e. The van der Waals surface area contributed by atoms with Gasteiger partial charge in [0.15, 0.2) is 0 Å². The van der Waals surface area contributed by atoms with Crippen molar-refractivity contribution in [2.24, 2.45) is 0 Å². The Hall–Kier alpha value is -1.06. The Balaban J connectivity index is 2.33. The summed E-state index contributed by atoms with van der Waals surface area (Å²) in [6.45, 7) is 7.30. The summed E-state index contributed by atoms with van der Waals surface area (Å²) in [6, 6.07) is 4.72. The van der Waals surface area contributed by atoms with Gasteiger partial charge in [-0.25, -0.2) is 0 Å². The molecule has 0 radical (unpaired) electrons. The van der Waals surface area contributed by atoms with Crippen LogP contribution in [0, 0.1) is 13.8 Å². The molecule has 88 valence electrons. The summed E-state index contributed by atoms with van der Waals surface area (Å²) < 4.78 is 5.47. The number of methoxy groups -OCH3 is 1.